The van der Waals surface area contributed by atoms with Gasteiger partial charge in [-0.1, -0.05) is 50.1 Å². The van der Waals surface area contributed by atoms with Gasteiger partial charge < -0.3 is 4.57 Å². The van der Waals surface area contributed by atoms with E-state index in [-0.39, 0.29) is 17.1 Å². The lowest BCUT2D eigenvalue weighted by Gasteiger charge is -2.13. The fourth-order valence-electron chi connectivity index (χ4n) is 2.52. The third-order valence-corrected chi connectivity index (χ3v) is 4.96. The maximum atomic E-state index is 12.1. The molecule has 0 unspecified atom stereocenters. The molecule has 2 aromatic rings. The van der Waals surface area contributed by atoms with Gasteiger partial charge in [0, 0.05) is 13.5 Å². The Balaban J connectivity index is 2.12. The number of hydrogen-bond donors (Lipinski definition) is 2. The Morgan fingerprint density at radius 1 is 1.20 bits per heavy atom. The Hall–Kier alpha value is -2.02. The number of aryl methyl sites for hydroxylation is 1. The van der Waals surface area contributed by atoms with Crippen LogP contribution in [-0.4, -0.2) is 26.6 Å². The number of rotatable bonds is 8. The molecule has 0 fully saturated rings. The molecular formula is C18H26N4O2S. The minimum absolute atomic E-state index is 0.246. The molecule has 7 heteroatoms. The molecule has 0 spiro atoms. The first-order valence-corrected chi connectivity index (χ1v) is 9.59. The molecule has 1 heterocycles. The molecule has 0 saturated carbocycles. The summed E-state index contributed by atoms with van der Waals surface area (Å²) in [5, 5.41) is 0.473. The van der Waals surface area contributed by atoms with Crippen LogP contribution in [0.2, 0.25) is 0 Å². The number of fused-ring (bicyclic) bond motifs is 1. The molecule has 1 aromatic heterocycles. The highest BCUT2D eigenvalue weighted by Crippen LogP contribution is 2.27. The van der Waals surface area contributed by atoms with Crippen molar-refractivity contribution >= 4 is 34.6 Å². The number of unbranched alkanes of at least 4 members (excludes halogenated alkanes) is 3. The van der Waals surface area contributed by atoms with Crippen molar-refractivity contribution in [1.82, 2.24) is 20.4 Å². The van der Waals surface area contributed by atoms with Gasteiger partial charge in [0.2, 0.25) is 5.91 Å². The molecule has 0 aliphatic carbocycles. The average Bonchev–Trinajstić information content (AvgIpc) is 2.93. The molecule has 2 rings (SSSR count). The molecule has 0 saturated heterocycles. The van der Waals surface area contributed by atoms with Gasteiger partial charge in [-0.25, -0.2) is 4.98 Å². The van der Waals surface area contributed by atoms with Crippen molar-refractivity contribution in [2.24, 2.45) is 0 Å². The SMILES string of the molecule is CCCCCCn1c(S[C@@H](C)C(=O)NNC(C)=O)nc2ccccc21. The van der Waals surface area contributed by atoms with E-state index in [9.17, 15) is 9.59 Å². The third-order valence-electron chi connectivity index (χ3n) is 3.87. The van der Waals surface area contributed by atoms with E-state index in [0.717, 1.165) is 29.2 Å². The van der Waals surface area contributed by atoms with Crippen LogP contribution in [0.1, 0.15) is 46.5 Å². The Morgan fingerprint density at radius 3 is 2.68 bits per heavy atom. The zero-order valence-corrected chi connectivity index (χ0v) is 15.9. The molecule has 6 nitrogen and oxygen atoms in total. The van der Waals surface area contributed by atoms with E-state index in [0.29, 0.717) is 0 Å². The van der Waals surface area contributed by atoms with Gasteiger partial charge in [0.1, 0.15) is 0 Å². The van der Waals surface area contributed by atoms with Gasteiger partial charge in [-0.05, 0) is 25.5 Å². The number of nitrogens with one attached hydrogen (secondary N) is 2. The topological polar surface area (TPSA) is 76.0 Å². The maximum absolute atomic E-state index is 12.1. The lowest BCUT2D eigenvalue weighted by atomic mass is 10.2. The zero-order chi connectivity index (χ0) is 18.2. The minimum Gasteiger partial charge on any atom is -0.319 e. The second-order valence-electron chi connectivity index (χ2n) is 6.03. The summed E-state index contributed by atoms with van der Waals surface area (Å²) < 4.78 is 2.19. The Kier molecular flexibility index (Phi) is 7.31. The normalized spacial score (nSPS) is 12.1. The van der Waals surface area contributed by atoms with Gasteiger partial charge in [0.05, 0.1) is 16.3 Å². The van der Waals surface area contributed by atoms with Crippen LogP contribution in [-0.2, 0) is 16.1 Å². The number of carbonyl (C=O) groups excluding carboxylic acids is 2. The molecule has 1 atom stereocenters. The zero-order valence-electron chi connectivity index (χ0n) is 15.0. The number of para-hydroxylation sites is 2. The Morgan fingerprint density at radius 2 is 1.96 bits per heavy atom. The van der Waals surface area contributed by atoms with E-state index in [1.165, 1.54) is 37.9 Å². The van der Waals surface area contributed by atoms with Crippen LogP contribution >= 0.6 is 11.8 Å². The van der Waals surface area contributed by atoms with Crippen LogP contribution in [0.3, 0.4) is 0 Å². The summed E-state index contributed by atoms with van der Waals surface area (Å²) in [6, 6.07) is 8.03. The van der Waals surface area contributed by atoms with Gasteiger partial charge in [0.15, 0.2) is 5.16 Å². The van der Waals surface area contributed by atoms with Crippen molar-refractivity contribution in [3.63, 3.8) is 0 Å². The lowest BCUT2D eigenvalue weighted by Crippen LogP contribution is -2.43. The molecule has 0 aliphatic heterocycles. The van der Waals surface area contributed by atoms with Crippen LogP contribution in [0.15, 0.2) is 29.4 Å². The number of hydrogen-bond acceptors (Lipinski definition) is 4. The van der Waals surface area contributed by atoms with Gasteiger partial charge in [-0.2, -0.15) is 0 Å². The predicted octanol–water partition coefficient (Wildman–Crippen LogP) is 3.26. The first kappa shape index (κ1) is 19.3. The monoisotopic (exact) mass is 362 g/mol. The number of thioether (sulfide) groups is 1. The van der Waals surface area contributed by atoms with Crippen molar-refractivity contribution in [3.8, 4) is 0 Å². The molecule has 136 valence electrons. The summed E-state index contributed by atoms with van der Waals surface area (Å²) in [6.07, 6.45) is 4.71. The van der Waals surface area contributed by atoms with Crippen molar-refractivity contribution in [2.45, 2.75) is 63.4 Å². The van der Waals surface area contributed by atoms with Crippen molar-refractivity contribution in [3.05, 3.63) is 24.3 Å². The second-order valence-corrected chi connectivity index (χ2v) is 7.33. The molecule has 25 heavy (non-hydrogen) atoms. The van der Waals surface area contributed by atoms with E-state index in [2.05, 4.69) is 33.4 Å². The number of imidazole rings is 1. The first-order valence-electron chi connectivity index (χ1n) is 8.71. The third kappa shape index (κ3) is 5.49. The molecule has 0 aliphatic rings. The van der Waals surface area contributed by atoms with Gasteiger partial charge in [-0.3, -0.25) is 20.4 Å². The molecular weight excluding hydrogens is 336 g/mol. The highest BCUT2D eigenvalue weighted by molar-refractivity contribution is 8.00. The van der Waals surface area contributed by atoms with Crippen molar-refractivity contribution in [1.29, 1.82) is 0 Å². The smallest absolute Gasteiger partial charge is 0.251 e. The molecule has 2 amide bonds. The Labute approximate surface area is 152 Å². The fourth-order valence-corrected chi connectivity index (χ4v) is 3.47. The van der Waals surface area contributed by atoms with E-state index < -0.39 is 0 Å². The van der Waals surface area contributed by atoms with Crippen LogP contribution in [0, 0.1) is 0 Å². The number of carbonyl (C=O) groups is 2. The van der Waals surface area contributed by atoms with Crippen molar-refractivity contribution in [2.75, 3.05) is 0 Å². The standard InChI is InChI=1S/C18H26N4O2S/c1-4-5-6-9-12-22-16-11-8-7-10-15(16)19-18(22)25-13(2)17(24)21-20-14(3)23/h7-8,10-11,13H,4-6,9,12H2,1-3H3,(H,20,23)(H,21,24)/t13-/m0/s1. The average molecular weight is 362 g/mol. The van der Waals surface area contributed by atoms with Gasteiger partial charge >= 0.3 is 0 Å². The maximum Gasteiger partial charge on any atom is 0.251 e. The van der Waals surface area contributed by atoms with Gasteiger partial charge in [-0.15, -0.1) is 0 Å². The van der Waals surface area contributed by atoms with Gasteiger partial charge in [0.25, 0.3) is 5.91 Å². The minimum atomic E-state index is -0.363. The van der Waals surface area contributed by atoms with Crippen LogP contribution in [0.5, 0.6) is 0 Å². The number of amides is 2. The summed E-state index contributed by atoms with van der Waals surface area (Å²) in [6.45, 7) is 6.25. The summed E-state index contributed by atoms with van der Waals surface area (Å²) >= 11 is 1.41. The quantitative estimate of drug-likeness (QED) is 0.429. The van der Waals surface area contributed by atoms with Crippen LogP contribution in [0.4, 0.5) is 0 Å². The highest BCUT2D eigenvalue weighted by Gasteiger charge is 2.19. The van der Waals surface area contributed by atoms with Crippen molar-refractivity contribution < 1.29 is 9.59 Å². The molecule has 1 aromatic carbocycles. The van der Waals surface area contributed by atoms with E-state index in [4.69, 9.17) is 0 Å². The van der Waals surface area contributed by atoms with Crippen LogP contribution < -0.4 is 10.9 Å². The number of aromatic nitrogens is 2. The largest absolute Gasteiger partial charge is 0.319 e. The number of hydrazine groups is 1. The van der Waals surface area contributed by atoms with E-state index in [1.54, 1.807) is 0 Å². The first-order chi connectivity index (χ1) is 12.0. The van der Waals surface area contributed by atoms with E-state index in [1.807, 2.05) is 25.1 Å². The summed E-state index contributed by atoms with van der Waals surface area (Å²) in [5.41, 5.74) is 6.77. The predicted molar refractivity (Wildman–Crippen MR) is 101 cm³/mol. The second kappa shape index (κ2) is 9.46. The lowest BCUT2D eigenvalue weighted by molar-refractivity contribution is -0.127. The summed E-state index contributed by atoms with van der Waals surface area (Å²) in [7, 11) is 0. The fraction of sp³-hybridized carbons (Fsp3) is 0.500. The van der Waals surface area contributed by atoms with Crippen LogP contribution in [0.25, 0.3) is 11.0 Å². The molecule has 0 radical (unpaired) electrons. The Bertz CT molecular complexity index is 729. The molecule has 0 bridgehead atoms. The number of nitrogens with zero attached hydrogens (tertiary/aromatic N) is 2. The number of benzene rings is 1. The summed E-state index contributed by atoms with van der Waals surface area (Å²) in [5.74, 6) is -0.543. The summed E-state index contributed by atoms with van der Waals surface area (Å²) in [4.78, 5) is 27.7. The highest BCUT2D eigenvalue weighted by atomic mass is 32.2. The molecule has 2 N–H and O–H groups in total. The van der Waals surface area contributed by atoms with E-state index >= 15 is 0 Å².